The SMILES string of the molecule is COc1ccc(S(=O)(=O)N2CCCc3cc(NS(=O)(=O)c4cc(Cl)ccc4Cl)ccc32)cc1. The lowest BCUT2D eigenvalue weighted by molar-refractivity contribution is 0.414. The summed E-state index contributed by atoms with van der Waals surface area (Å²) < 4.78 is 61.1. The van der Waals surface area contributed by atoms with Crippen molar-refractivity contribution in [3.8, 4) is 5.75 Å². The predicted molar refractivity (Wildman–Crippen MR) is 130 cm³/mol. The van der Waals surface area contributed by atoms with Crippen LogP contribution in [0.3, 0.4) is 0 Å². The predicted octanol–water partition coefficient (Wildman–Crippen LogP) is 4.94. The fourth-order valence-electron chi connectivity index (χ4n) is 3.64. The van der Waals surface area contributed by atoms with Gasteiger partial charge in [0.05, 0.1) is 22.7 Å². The maximum Gasteiger partial charge on any atom is 0.264 e. The first-order valence-corrected chi connectivity index (χ1v) is 13.6. The Morgan fingerprint density at radius 2 is 1.67 bits per heavy atom. The van der Waals surface area contributed by atoms with Crippen molar-refractivity contribution in [2.24, 2.45) is 0 Å². The van der Waals surface area contributed by atoms with Gasteiger partial charge in [-0.15, -0.1) is 0 Å². The fourth-order valence-corrected chi connectivity index (χ4v) is 7.00. The third-order valence-electron chi connectivity index (χ3n) is 5.24. The summed E-state index contributed by atoms with van der Waals surface area (Å²) in [6, 6.07) is 15.1. The van der Waals surface area contributed by atoms with Gasteiger partial charge in [0.15, 0.2) is 0 Å². The molecule has 1 heterocycles. The summed E-state index contributed by atoms with van der Waals surface area (Å²) in [5, 5.41) is 0.284. The Morgan fingerprint density at radius 1 is 0.939 bits per heavy atom. The van der Waals surface area contributed by atoms with Gasteiger partial charge in [-0.25, -0.2) is 16.8 Å². The molecule has 4 rings (SSSR count). The first-order chi connectivity index (χ1) is 15.6. The molecule has 0 fully saturated rings. The van der Waals surface area contributed by atoms with Crippen molar-refractivity contribution in [2.45, 2.75) is 22.6 Å². The number of nitrogens with zero attached hydrogens (tertiary/aromatic N) is 1. The maximum atomic E-state index is 13.3. The van der Waals surface area contributed by atoms with E-state index in [1.807, 2.05) is 0 Å². The number of hydrogen-bond donors (Lipinski definition) is 1. The number of rotatable bonds is 6. The van der Waals surface area contributed by atoms with Crippen molar-refractivity contribution >= 4 is 54.6 Å². The number of ether oxygens (including phenoxy) is 1. The largest absolute Gasteiger partial charge is 0.497 e. The number of anilines is 2. The van der Waals surface area contributed by atoms with Gasteiger partial charge in [-0.05, 0) is 79.1 Å². The van der Waals surface area contributed by atoms with Gasteiger partial charge < -0.3 is 4.74 Å². The van der Waals surface area contributed by atoms with Crippen LogP contribution in [0.15, 0.2) is 70.5 Å². The van der Waals surface area contributed by atoms with Crippen LogP contribution in [0, 0.1) is 0 Å². The molecule has 0 bridgehead atoms. The highest BCUT2D eigenvalue weighted by Crippen LogP contribution is 2.35. The number of methoxy groups -OCH3 is 1. The van der Waals surface area contributed by atoms with Crippen LogP contribution in [0.4, 0.5) is 11.4 Å². The van der Waals surface area contributed by atoms with E-state index in [1.165, 1.54) is 47.8 Å². The minimum absolute atomic E-state index is 0.0432. The van der Waals surface area contributed by atoms with E-state index in [-0.39, 0.29) is 19.8 Å². The number of fused-ring (bicyclic) bond motifs is 1. The summed E-state index contributed by atoms with van der Waals surface area (Å²) >= 11 is 12.0. The van der Waals surface area contributed by atoms with Gasteiger partial charge in [0.2, 0.25) is 0 Å². The Bertz CT molecular complexity index is 1410. The zero-order valence-electron chi connectivity index (χ0n) is 17.5. The Balaban J connectivity index is 1.65. The molecule has 0 atom stereocenters. The van der Waals surface area contributed by atoms with Gasteiger partial charge >= 0.3 is 0 Å². The van der Waals surface area contributed by atoms with Gasteiger partial charge in [0, 0.05) is 17.3 Å². The Morgan fingerprint density at radius 3 is 2.36 bits per heavy atom. The van der Waals surface area contributed by atoms with Crippen molar-refractivity contribution in [1.29, 1.82) is 0 Å². The van der Waals surface area contributed by atoms with Crippen molar-refractivity contribution in [2.75, 3.05) is 22.7 Å². The minimum atomic E-state index is -3.99. The summed E-state index contributed by atoms with van der Waals surface area (Å²) in [7, 11) is -6.28. The van der Waals surface area contributed by atoms with Crippen LogP contribution in [0.5, 0.6) is 5.75 Å². The van der Waals surface area contributed by atoms with E-state index in [4.69, 9.17) is 27.9 Å². The molecule has 0 radical (unpaired) electrons. The summed E-state index contributed by atoms with van der Waals surface area (Å²) in [6.07, 6.45) is 1.20. The molecule has 0 aromatic heterocycles. The Kier molecular flexibility index (Phi) is 6.50. The summed E-state index contributed by atoms with van der Waals surface area (Å²) in [5.74, 6) is 0.560. The lowest BCUT2D eigenvalue weighted by atomic mass is 10.0. The van der Waals surface area contributed by atoms with Gasteiger partial charge in [-0.3, -0.25) is 9.03 Å². The fraction of sp³-hybridized carbons (Fsp3) is 0.182. The molecule has 3 aromatic carbocycles. The molecule has 174 valence electrons. The molecule has 3 aromatic rings. The molecule has 0 spiro atoms. The number of aryl methyl sites for hydroxylation is 1. The topological polar surface area (TPSA) is 92.8 Å². The molecule has 1 aliphatic heterocycles. The summed E-state index contributed by atoms with van der Waals surface area (Å²) in [5.41, 5.74) is 1.53. The van der Waals surface area contributed by atoms with E-state index in [1.54, 1.807) is 24.3 Å². The van der Waals surface area contributed by atoms with Crippen LogP contribution in [0.2, 0.25) is 10.0 Å². The van der Waals surface area contributed by atoms with Crippen LogP contribution >= 0.6 is 23.2 Å². The van der Waals surface area contributed by atoms with E-state index < -0.39 is 20.0 Å². The van der Waals surface area contributed by atoms with Gasteiger partial charge in [-0.1, -0.05) is 23.2 Å². The van der Waals surface area contributed by atoms with Crippen molar-refractivity contribution in [1.82, 2.24) is 0 Å². The normalized spacial score (nSPS) is 14.0. The van der Waals surface area contributed by atoms with Crippen molar-refractivity contribution < 1.29 is 21.6 Å². The second-order valence-electron chi connectivity index (χ2n) is 7.38. The second-order valence-corrected chi connectivity index (χ2v) is 11.7. The second kappa shape index (κ2) is 9.06. The molecule has 0 unspecified atom stereocenters. The highest BCUT2D eigenvalue weighted by atomic mass is 35.5. The zero-order valence-corrected chi connectivity index (χ0v) is 20.6. The van der Waals surface area contributed by atoms with E-state index in [0.29, 0.717) is 36.5 Å². The maximum absolute atomic E-state index is 13.3. The Hall–Kier alpha value is -2.46. The quantitative estimate of drug-likeness (QED) is 0.490. The number of benzene rings is 3. The van der Waals surface area contributed by atoms with Crippen LogP contribution in [-0.4, -0.2) is 30.5 Å². The molecule has 0 aliphatic carbocycles. The summed E-state index contributed by atoms with van der Waals surface area (Å²) in [6.45, 7) is 0.324. The monoisotopic (exact) mass is 526 g/mol. The average Bonchev–Trinajstić information content (AvgIpc) is 2.79. The molecular weight excluding hydrogens is 507 g/mol. The summed E-state index contributed by atoms with van der Waals surface area (Å²) in [4.78, 5) is 0.00891. The highest BCUT2D eigenvalue weighted by Gasteiger charge is 2.29. The molecule has 1 aliphatic rings. The molecular formula is C22H20Cl2N2O5S2. The first-order valence-electron chi connectivity index (χ1n) is 9.89. The molecule has 11 heteroatoms. The van der Waals surface area contributed by atoms with Crippen LogP contribution in [0.1, 0.15) is 12.0 Å². The van der Waals surface area contributed by atoms with Gasteiger partial charge in [0.25, 0.3) is 20.0 Å². The van der Waals surface area contributed by atoms with E-state index in [2.05, 4.69) is 4.72 Å². The van der Waals surface area contributed by atoms with E-state index in [0.717, 1.165) is 5.56 Å². The molecule has 1 N–H and O–H groups in total. The zero-order chi connectivity index (χ0) is 23.8. The van der Waals surface area contributed by atoms with E-state index in [9.17, 15) is 16.8 Å². The first kappa shape index (κ1) is 23.7. The van der Waals surface area contributed by atoms with Gasteiger partial charge in [0.1, 0.15) is 10.6 Å². The molecule has 33 heavy (non-hydrogen) atoms. The molecule has 0 amide bonds. The van der Waals surface area contributed by atoms with Crippen LogP contribution in [-0.2, 0) is 26.5 Å². The molecule has 7 nitrogen and oxygen atoms in total. The number of sulfonamides is 2. The minimum Gasteiger partial charge on any atom is -0.497 e. The lowest BCUT2D eigenvalue weighted by Gasteiger charge is -2.31. The van der Waals surface area contributed by atoms with Crippen LogP contribution in [0.25, 0.3) is 0 Å². The van der Waals surface area contributed by atoms with Crippen molar-refractivity contribution in [3.63, 3.8) is 0 Å². The van der Waals surface area contributed by atoms with Gasteiger partial charge in [-0.2, -0.15) is 0 Å². The molecule has 0 saturated heterocycles. The third-order valence-corrected chi connectivity index (χ3v) is 9.16. The average molecular weight is 527 g/mol. The van der Waals surface area contributed by atoms with E-state index >= 15 is 0 Å². The standard InChI is InChI=1S/C22H20Cl2N2O5S2/c1-31-18-6-8-19(9-7-18)33(29,30)26-12-2-3-15-13-17(5-11-21(15)26)25-32(27,28)22-14-16(23)4-10-20(22)24/h4-11,13-14,25H,2-3,12H2,1H3. The van der Waals surface area contributed by atoms with Crippen molar-refractivity contribution in [3.05, 3.63) is 76.3 Å². The third kappa shape index (κ3) is 4.77. The smallest absolute Gasteiger partial charge is 0.264 e. The Labute approximate surface area is 203 Å². The lowest BCUT2D eigenvalue weighted by Crippen LogP contribution is -2.35. The van der Waals surface area contributed by atoms with Crippen LogP contribution < -0.4 is 13.8 Å². The molecule has 0 saturated carbocycles. The number of nitrogens with one attached hydrogen (secondary N) is 1. The highest BCUT2D eigenvalue weighted by molar-refractivity contribution is 7.93. The number of hydrogen-bond acceptors (Lipinski definition) is 5. The number of halogens is 2.